The topological polar surface area (TPSA) is 86.7 Å². The first-order valence-corrected chi connectivity index (χ1v) is 9.58. The van der Waals surface area contributed by atoms with Gasteiger partial charge in [-0.2, -0.15) is 43.2 Å². The highest BCUT2D eigenvalue weighted by atomic mass is 32.2. The SMILES string of the molecule is CC(OS(=O)(=O)c1ccc(S(=O)(=O)OC(C(F)(F)F)C(F)(F)F)cc1)C(F)F. The first-order valence-electron chi connectivity index (χ1n) is 6.76. The monoisotopic (exact) mass is 466 g/mol. The van der Waals surface area contributed by atoms with Crippen LogP contribution in [0.5, 0.6) is 0 Å². The van der Waals surface area contributed by atoms with Crippen LogP contribution in [-0.4, -0.2) is 47.8 Å². The predicted molar refractivity (Wildman–Crippen MR) is 74.3 cm³/mol. The first kappa shape index (κ1) is 24.5. The fourth-order valence-corrected chi connectivity index (χ4v) is 3.66. The lowest BCUT2D eigenvalue weighted by atomic mass is 10.3. The van der Waals surface area contributed by atoms with E-state index in [-0.39, 0.29) is 0 Å². The van der Waals surface area contributed by atoms with E-state index in [1.54, 1.807) is 0 Å². The molecule has 0 heterocycles. The van der Waals surface area contributed by atoms with Gasteiger partial charge in [-0.25, -0.2) is 13.0 Å². The highest BCUT2D eigenvalue weighted by molar-refractivity contribution is 7.87. The summed E-state index contributed by atoms with van der Waals surface area (Å²) in [5.41, 5.74) is 0. The molecule has 0 saturated carbocycles. The largest absolute Gasteiger partial charge is 0.425 e. The van der Waals surface area contributed by atoms with E-state index in [9.17, 15) is 52.0 Å². The Morgan fingerprint density at radius 2 is 1.07 bits per heavy atom. The zero-order chi connectivity index (χ0) is 22.1. The van der Waals surface area contributed by atoms with Crippen molar-refractivity contribution in [2.24, 2.45) is 0 Å². The average Bonchev–Trinajstić information content (AvgIpc) is 2.50. The van der Waals surface area contributed by atoms with Gasteiger partial charge in [0.15, 0.2) is 0 Å². The number of halogens is 8. The predicted octanol–water partition coefficient (Wildman–Crippen LogP) is 3.24. The smallest absolute Gasteiger partial charge is 0.257 e. The van der Waals surface area contributed by atoms with Gasteiger partial charge in [0.05, 0.1) is 9.79 Å². The van der Waals surface area contributed by atoms with Crippen LogP contribution in [-0.2, 0) is 28.6 Å². The number of hydrogen-bond acceptors (Lipinski definition) is 6. The van der Waals surface area contributed by atoms with Gasteiger partial charge in [0.1, 0.15) is 6.10 Å². The van der Waals surface area contributed by atoms with E-state index in [1.165, 1.54) is 0 Å². The summed E-state index contributed by atoms with van der Waals surface area (Å²) in [6.07, 6.45) is -22.1. The maximum absolute atomic E-state index is 12.4. The lowest BCUT2D eigenvalue weighted by Gasteiger charge is -2.22. The minimum absolute atomic E-state index is 0.308. The fourth-order valence-electron chi connectivity index (χ4n) is 1.55. The van der Waals surface area contributed by atoms with Crippen LogP contribution in [0.3, 0.4) is 0 Å². The van der Waals surface area contributed by atoms with Crippen molar-refractivity contribution in [2.45, 2.75) is 47.7 Å². The number of hydrogen-bond donors (Lipinski definition) is 0. The Bertz CT molecular complexity index is 860. The van der Waals surface area contributed by atoms with Crippen molar-refractivity contribution in [1.29, 1.82) is 0 Å². The van der Waals surface area contributed by atoms with Crippen LogP contribution in [0.15, 0.2) is 34.1 Å². The minimum Gasteiger partial charge on any atom is -0.257 e. The van der Waals surface area contributed by atoms with E-state index < -0.39 is 61.0 Å². The third-order valence-electron chi connectivity index (χ3n) is 2.85. The van der Waals surface area contributed by atoms with Crippen molar-refractivity contribution >= 4 is 20.2 Å². The summed E-state index contributed by atoms with van der Waals surface area (Å²) in [7, 11) is -10.4. The zero-order valence-corrected chi connectivity index (χ0v) is 15.0. The van der Waals surface area contributed by atoms with Crippen LogP contribution >= 0.6 is 0 Å². The summed E-state index contributed by atoms with van der Waals surface area (Å²) in [5.74, 6) is 0. The van der Waals surface area contributed by atoms with Crippen LogP contribution in [0.2, 0.25) is 0 Å². The van der Waals surface area contributed by atoms with Gasteiger partial charge in [-0.1, -0.05) is 0 Å². The Labute approximate surface area is 153 Å². The molecule has 1 aromatic rings. The van der Waals surface area contributed by atoms with Crippen molar-refractivity contribution in [3.05, 3.63) is 24.3 Å². The summed E-state index contributed by atoms with van der Waals surface area (Å²) >= 11 is 0. The van der Waals surface area contributed by atoms with Crippen molar-refractivity contribution in [1.82, 2.24) is 0 Å². The van der Waals surface area contributed by atoms with Gasteiger partial charge in [0.25, 0.3) is 32.8 Å². The molecule has 0 bridgehead atoms. The second-order valence-corrected chi connectivity index (χ2v) is 8.22. The number of benzene rings is 1. The molecule has 1 aromatic carbocycles. The van der Waals surface area contributed by atoms with Crippen LogP contribution in [0.1, 0.15) is 6.92 Å². The van der Waals surface area contributed by atoms with Crippen LogP contribution in [0.25, 0.3) is 0 Å². The molecule has 1 rings (SSSR count). The Balaban J connectivity index is 3.16. The van der Waals surface area contributed by atoms with E-state index in [0.717, 1.165) is 0 Å². The third kappa shape index (κ3) is 6.25. The van der Waals surface area contributed by atoms with Crippen molar-refractivity contribution < 1.29 is 60.3 Å². The van der Waals surface area contributed by atoms with Gasteiger partial charge in [0, 0.05) is 0 Å². The van der Waals surface area contributed by atoms with Gasteiger partial charge in [-0.15, -0.1) is 0 Å². The molecule has 0 spiro atoms. The van der Waals surface area contributed by atoms with E-state index >= 15 is 0 Å². The molecule has 0 saturated heterocycles. The van der Waals surface area contributed by atoms with Gasteiger partial charge < -0.3 is 0 Å². The molecule has 0 aliphatic rings. The molecule has 0 amide bonds. The standard InChI is InChI=1S/C12H10F8O6S2/c1-6(9(13)14)25-27(21,22)7-2-4-8(5-3-7)28(23,24)26-10(11(15,16)17)12(18,19)20/h2-6,9-10H,1H3. The summed E-state index contributed by atoms with van der Waals surface area (Å²) in [6, 6.07) is 1.45. The van der Waals surface area contributed by atoms with E-state index in [4.69, 9.17) is 0 Å². The maximum Gasteiger partial charge on any atom is 0.425 e. The molecule has 1 atom stereocenters. The Morgan fingerprint density at radius 3 is 1.36 bits per heavy atom. The molecule has 1 unspecified atom stereocenters. The van der Waals surface area contributed by atoms with Crippen LogP contribution < -0.4 is 0 Å². The lowest BCUT2D eigenvalue weighted by Crippen LogP contribution is -2.45. The van der Waals surface area contributed by atoms with Gasteiger partial charge >= 0.3 is 12.4 Å². The lowest BCUT2D eigenvalue weighted by molar-refractivity contribution is -0.299. The molecule has 16 heteroatoms. The molecule has 0 aromatic heterocycles. The highest BCUT2D eigenvalue weighted by Gasteiger charge is 2.60. The summed E-state index contributed by atoms with van der Waals surface area (Å²) < 4.78 is 153. The molecular weight excluding hydrogens is 456 g/mol. The molecule has 0 aliphatic heterocycles. The molecule has 0 N–H and O–H groups in total. The third-order valence-corrected chi connectivity index (χ3v) is 5.55. The summed E-state index contributed by atoms with van der Waals surface area (Å²) in [5, 5.41) is 0. The minimum atomic E-state index is -6.10. The zero-order valence-electron chi connectivity index (χ0n) is 13.3. The number of rotatable bonds is 7. The maximum atomic E-state index is 12.4. The van der Waals surface area contributed by atoms with Gasteiger partial charge in [-0.3, -0.25) is 4.18 Å². The summed E-state index contributed by atoms with van der Waals surface area (Å²) in [6.45, 7) is 0.712. The molecule has 0 aliphatic carbocycles. The average molecular weight is 466 g/mol. The fraction of sp³-hybridized carbons (Fsp3) is 0.500. The molecule has 0 radical (unpaired) electrons. The first-order chi connectivity index (χ1) is 12.4. The van der Waals surface area contributed by atoms with E-state index in [2.05, 4.69) is 8.37 Å². The van der Waals surface area contributed by atoms with Crippen LogP contribution in [0.4, 0.5) is 35.1 Å². The normalized spacial score (nSPS) is 15.2. The van der Waals surface area contributed by atoms with Crippen molar-refractivity contribution in [3.8, 4) is 0 Å². The highest BCUT2D eigenvalue weighted by Crippen LogP contribution is 2.37. The molecule has 28 heavy (non-hydrogen) atoms. The Morgan fingerprint density at radius 1 is 0.750 bits per heavy atom. The van der Waals surface area contributed by atoms with Crippen molar-refractivity contribution in [2.75, 3.05) is 0 Å². The molecular formula is C12H10F8O6S2. The van der Waals surface area contributed by atoms with E-state index in [1.807, 2.05) is 0 Å². The van der Waals surface area contributed by atoms with Crippen LogP contribution in [0, 0.1) is 0 Å². The number of alkyl halides is 8. The van der Waals surface area contributed by atoms with E-state index in [0.29, 0.717) is 31.2 Å². The second kappa shape index (κ2) is 8.08. The molecule has 0 fully saturated rings. The quantitative estimate of drug-likeness (QED) is 0.453. The van der Waals surface area contributed by atoms with Crippen molar-refractivity contribution in [3.63, 3.8) is 0 Å². The second-order valence-electron chi connectivity index (χ2n) is 5.07. The molecule has 162 valence electrons. The Hall–Kier alpha value is -1.52. The van der Waals surface area contributed by atoms with Gasteiger partial charge in [0.2, 0.25) is 0 Å². The Kier molecular flexibility index (Phi) is 7.07. The summed E-state index contributed by atoms with van der Waals surface area (Å²) in [4.78, 5) is -2.12. The van der Waals surface area contributed by atoms with Gasteiger partial charge in [-0.05, 0) is 31.2 Å². The molecule has 6 nitrogen and oxygen atoms in total.